The van der Waals surface area contributed by atoms with Gasteiger partial charge in [-0.1, -0.05) is 6.07 Å². The van der Waals surface area contributed by atoms with Crippen molar-refractivity contribution < 1.29 is 13.9 Å². The van der Waals surface area contributed by atoms with E-state index in [1.807, 2.05) is 0 Å². The standard InChI is InChI=1S/C12H13F2N3O/c13-12(14,7-18)6-17-10-2-1-8-5-16-4-3-9(8)11(10)15/h1-5,17-18H,6-7,15H2. The molecule has 2 rings (SSSR count). The lowest BCUT2D eigenvalue weighted by atomic mass is 10.1. The largest absolute Gasteiger partial charge is 0.397 e. The quantitative estimate of drug-likeness (QED) is 0.727. The van der Waals surface area contributed by atoms with Gasteiger partial charge >= 0.3 is 0 Å². The molecule has 0 atom stereocenters. The Balaban J connectivity index is 2.27. The number of nitrogen functional groups attached to an aromatic ring is 1. The highest BCUT2D eigenvalue weighted by Gasteiger charge is 2.27. The van der Waals surface area contributed by atoms with E-state index in [9.17, 15) is 8.78 Å². The van der Waals surface area contributed by atoms with Gasteiger partial charge in [0, 0.05) is 23.2 Å². The van der Waals surface area contributed by atoms with Crippen LogP contribution in [0.3, 0.4) is 0 Å². The number of fused-ring (bicyclic) bond motifs is 1. The monoisotopic (exact) mass is 253 g/mol. The number of nitrogens with one attached hydrogen (secondary N) is 1. The zero-order chi connectivity index (χ0) is 13.2. The van der Waals surface area contributed by atoms with Crippen LogP contribution in [0.4, 0.5) is 20.2 Å². The zero-order valence-corrected chi connectivity index (χ0v) is 9.53. The van der Waals surface area contributed by atoms with Crippen LogP contribution in [-0.4, -0.2) is 29.2 Å². The first kappa shape index (κ1) is 12.5. The number of nitrogens with two attached hydrogens (primary N) is 1. The lowest BCUT2D eigenvalue weighted by Crippen LogP contribution is -2.31. The summed E-state index contributed by atoms with van der Waals surface area (Å²) >= 11 is 0. The van der Waals surface area contributed by atoms with Gasteiger partial charge in [-0.2, -0.15) is 0 Å². The van der Waals surface area contributed by atoms with Crippen LogP contribution in [0.15, 0.2) is 30.6 Å². The third-order valence-electron chi connectivity index (χ3n) is 2.63. The molecule has 2 aromatic rings. The second kappa shape index (κ2) is 4.73. The maximum absolute atomic E-state index is 12.9. The van der Waals surface area contributed by atoms with Crippen molar-refractivity contribution in [3.8, 4) is 0 Å². The number of hydrogen-bond acceptors (Lipinski definition) is 4. The van der Waals surface area contributed by atoms with E-state index in [1.54, 1.807) is 30.6 Å². The number of alkyl halides is 2. The van der Waals surface area contributed by atoms with Crippen molar-refractivity contribution in [2.24, 2.45) is 0 Å². The van der Waals surface area contributed by atoms with Gasteiger partial charge in [0.1, 0.15) is 6.61 Å². The zero-order valence-electron chi connectivity index (χ0n) is 9.53. The molecule has 0 aliphatic heterocycles. The SMILES string of the molecule is Nc1c(NCC(F)(F)CO)ccc2cnccc12. The Morgan fingerprint density at radius 2 is 2.11 bits per heavy atom. The predicted molar refractivity (Wildman–Crippen MR) is 66.7 cm³/mol. The highest BCUT2D eigenvalue weighted by molar-refractivity contribution is 5.98. The summed E-state index contributed by atoms with van der Waals surface area (Å²) in [5.41, 5.74) is 6.70. The van der Waals surface area contributed by atoms with Gasteiger partial charge in [-0.3, -0.25) is 4.98 Å². The van der Waals surface area contributed by atoms with E-state index in [0.717, 1.165) is 10.8 Å². The lowest BCUT2D eigenvalue weighted by Gasteiger charge is -2.16. The summed E-state index contributed by atoms with van der Waals surface area (Å²) in [4.78, 5) is 3.95. The fourth-order valence-electron chi connectivity index (χ4n) is 1.63. The molecule has 0 aliphatic carbocycles. The van der Waals surface area contributed by atoms with Crippen LogP contribution in [0, 0.1) is 0 Å². The van der Waals surface area contributed by atoms with E-state index in [0.29, 0.717) is 11.4 Å². The van der Waals surface area contributed by atoms with E-state index in [-0.39, 0.29) is 0 Å². The minimum Gasteiger partial charge on any atom is -0.397 e. The van der Waals surface area contributed by atoms with Gasteiger partial charge in [-0.15, -0.1) is 0 Å². The van der Waals surface area contributed by atoms with Crippen molar-refractivity contribution in [3.05, 3.63) is 30.6 Å². The molecule has 4 nitrogen and oxygen atoms in total. The van der Waals surface area contributed by atoms with Crippen molar-refractivity contribution in [1.82, 2.24) is 4.98 Å². The maximum atomic E-state index is 12.9. The number of aromatic nitrogens is 1. The van der Waals surface area contributed by atoms with Crippen molar-refractivity contribution >= 4 is 22.1 Å². The second-order valence-corrected chi connectivity index (χ2v) is 3.99. The van der Waals surface area contributed by atoms with Gasteiger partial charge < -0.3 is 16.2 Å². The number of rotatable bonds is 4. The first-order valence-corrected chi connectivity index (χ1v) is 5.38. The van der Waals surface area contributed by atoms with Gasteiger partial charge in [0.25, 0.3) is 5.92 Å². The lowest BCUT2D eigenvalue weighted by molar-refractivity contribution is -0.0372. The molecule has 18 heavy (non-hydrogen) atoms. The molecular formula is C12H13F2N3O. The molecule has 0 unspecified atom stereocenters. The van der Waals surface area contributed by atoms with Crippen LogP contribution in [0.5, 0.6) is 0 Å². The number of aliphatic hydroxyl groups excluding tert-OH is 1. The molecule has 0 spiro atoms. The van der Waals surface area contributed by atoms with Crippen LogP contribution in [0.1, 0.15) is 0 Å². The van der Waals surface area contributed by atoms with Crippen LogP contribution < -0.4 is 11.1 Å². The Labute approximate surface area is 102 Å². The molecule has 4 N–H and O–H groups in total. The summed E-state index contributed by atoms with van der Waals surface area (Å²) < 4.78 is 25.8. The summed E-state index contributed by atoms with van der Waals surface area (Å²) in [6.45, 7) is -1.86. The molecule has 1 aromatic carbocycles. The summed E-state index contributed by atoms with van der Waals surface area (Å²) in [5, 5.41) is 12.6. The third-order valence-corrected chi connectivity index (χ3v) is 2.63. The Hall–Kier alpha value is -1.95. The van der Waals surface area contributed by atoms with E-state index < -0.39 is 19.1 Å². The van der Waals surface area contributed by atoms with Gasteiger partial charge in [0.2, 0.25) is 0 Å². The third kappa shape index (κ3) is 2.48. The fraction of sp³-hybridized carbons (Fsp3) is 0.250. The van der Waals surface area contributed by atoms with Gasteiger partial charge in [0.05, 0.1) is 17.9 Å². The number of benzene rings is 1. The first-order valence-electron chi connectivity index (χ1n) is 5.38. The van der Waals surface area contributed by atoms with Crippen LogP contribution in [0.25, 0.3) is 10.8 Å². The fourth-order valence-corrected chi connectivity index (χ4v) is 1.63. The normalized spacial score (nSPS) is 11.7. The predicted octanol–water partition coefficient (Wildman–Crippen LogP) is 1.86. The highest BCUT2D eigenvalue weighted by atomic mass is 19.3. The number of aliphatic hydroxyl groups is 1. The molecule has 0 bridgehead atoms. The van der Waals surface area contributed by atoms with Crippen molar-refractivity contribution in [1.29, 1.82) is 0 Å². The molecule has 1 aromatic heterocycles. The number of halogens is 2. The summed E-state index contributed by atoms with van der Waals surface area (Å²) in [6.07, 6.45) is 3.24. The number of hydrogen-bond donors (Lipinski definition) is 3. The minimum absolute atomic E-state index is 0.392. The van der Waals surface area contributed by atoms with Crippen molar-refractivity contribution in [2.45, 2.75) is 5.92 Å². The van der Waals surface area contributed by atoms with Gasteiger partial charge in [-0.25, -0.2) is 8.78 Å². The summed E-state index contributed by atoms with van der Waals surface area (Å²) in [6, 6.07) is 5.09. The first-order chi connectivity index (χ1) is 8.53. The van der Waals surface area contributed by atoms with Crippen LogP contribution in [0.2, 0.25) is 0 Å². The van der Waals surface area contributed by atoms with Gasteiger partial charge in [0.15, 0.2) is 0 Å². The molecule has 0 amide bonds. The van der Waals surface area contributed by atoms with E-state index >= 15 is 0 Å². The molecule has 0 saturated heterocycles. The molecule has 96 valence electrons. The molecule has 0 saturated carbocycles. The summed E-state index contributed by atoms with van der Waals surface area (Å²) in [5.74, 6) is -3.17. The Morgan fingerprint density at radius 1 is 1.33 bits per heavy atom. The Kier molecular flexibility index (Phi) is 3.29. The van der Waals surface area contributed by atoms with Crippen LogP contribution >= 0.6 is 0 Å². The van der Waals surface area contributed by atoms with Gasteiger partial charge in [-0.05, 0) is 12.1 Å². The summed E-state index contributed by atoms with van der Waals surface area (Å²) in [7, 11) is 0. The number of anilines is 2. The van der Waals surface area contributed by atoms with Crippen molar-refractivity contribution in [3.63, 3.8) is 0 Å². The average molecular weight is 253 g/mol. The molecule has 0 aliphatic rings. The topological polar surface area (TPSA) is 71.2 Å². The average Bonchev–Trinajstić information content (AvgIpc) is 2.38. The molecular weight excluding hydrogens is 240 g/mol. The maximum Gasteiger partial charge on any atom is 0.287 e. The van der Waals surface area contributed by atoms with E-state index in [2.05, 4.69) is 10.3 Å². The minimum atomic E-state index is -3.17. The number of nitrogens with zero attached hydrogens (tertiary/aromatic N) is 1. The van der Waals surface area contributed by atoms with Crippen molar-refractivity contribution in [2.75, 3.05) is 24.2 Å². The van der Waals surface area contributed by atoms with Crippen LogP contribution in [-0.2, 0) is 0 Å². The Bertz CT molecular complexity index is 560. The second-order valence-electron chi connectivity index (χ2n) is 3.99. The molecule has 6 heteroatoms. The molecule has 0 radical (unpaired) electrons. The Morgan fingerprint density at radius 3 is 2.83 bits per heavy atom. The van der Waals surface area contributed by atoms with E-state index in [1.165, 1.54) is 0 Å². The number of pyridine rings is 1. The molecule has 1 heterocycles. The highest BCUT2D eigenvalue weighted by Crippen LogP contribution is 2.28. The van der Waals surface area contributed by atoms with E-state index in [4.69, 9.17) is 10.8 Å². The smallest absolute Gasteiger partial charge is 0.287 e. The molecule has 0 fully saturated rings.